The molecule has 8 heteroatoms. The third-order valence-corrected chi connectivity index (χ3v) is 3.97. The van der Waals surface area contributed by atoms with Gasteiger partial charge in [-0.05, 0) is 6.42 Å². The van der Waals surface area contributed by atoms with Crippen molar-refractivity contribution in [1.82, 2.24) is 4.90 Å². The second-order valence-electron chi connectivity index (χ2n) is 5.92. The van der Waals surface area contributed by atoms with Gasteiger partial charge in [0.05, 0.1) is 6.61 Å². The first-order chi connectivity index (χ1) is 10.9. The minimum atomic E-state index is -1.57. The number of nitrogens with zero attached hydrogens (tertiary/aromatic N) is 1. The summed E-state index contributed by atoms with van der Waals surface area (Å²) >= 11 is 0. The average molecular weight is 335 g/mol. The van der Waals surface area contributed by atoms with Crippen LogP contribution in [0.4, 0.5) is 4.79 Å². The predicted molar refractivity (Wildman–Crippen MR) is 81.6 cm³/mol. The summed E-state index contributed by atoms with van der Waals surface area (Å²) in [4.78, 5) is 13.3. The monoisotopic (exact) mass is 335 g/mol. The summed E-state index contributed by atoms with van der Waals surface area (Å²) in [6.07, 6.45) is -2.52. The molecule has 1 aliphatic heterocycles. The van der Waals surface area contributed by atoms with Crippen LogP contribution in [0.5, 0.6) is 0 Å². The van der Waals surface area contributed by atoms with E-state index in [1.165, 1.54) is 11.3 Å². The van der Waals surface area contributed by atoms with Gasteiger partial charge in [0, 0.05) is 13.6 Å². The largest absolute Gasteiger partial charge is 0.416 e. The van der Waals surface area contributed by atoms with Crippen LogP contribution >= 0.6 is 0 Å². The minimum absolute atomic E-state index is 0.514. The zero-order chi connectivity index (χ0) is 17.4. The zero-order valence-corrected chi connectivity index (χ0v) is 13.8. The fraction of sp³-hybridized carbons (Fsp3) is 0.933. The maximum Gasteiger partial charge on any atom is 0.411 e. The van der Waals surface area contributed by atoms with Crippen molar-refractivity contribution in [1.29, 1.82) is 0 Å². The molecule has 1 saturated heterocycles. The first-order valence-corrected chi connectivity index (χ1v) is 8.14. The van der Waals surface area contributed by atoms with E-state index in [2.05, 4.69) is 6.92 Å². The highest BCUT2D eigenvalue weighted by molar-refractivity contribution is 5.67. The molecule has 8 nitrogen and oxygen atoms in total. The van der Waals surface area contributed by atoms with Crippen molar-refractivity contribution in [3.8, 4) is 0 Å². The molecule has 136 valence electrons. The minimum Gasteiger partial charge on any atom is -0.416 e. The average Bonchev–Trinajstić information content (AvgIpc) is 2.54. The summed E-state index contributed by atoms with van der Waals surface area (Å²) in [6, 6.07) is 0. The molecule has 0 saturated carbocycles. The maximum atomic E-state index is 12.0. The highest BCUT2D eigenvalue weighted by Crippen LogP contribution is 2.22. The van der Waals surface area contributed by atoms with Crippen LogP contribution in [-0.4, -0.2) is 82.3 Å². The Morgan fingerprint density at radius 3 is 2.35 bits per heavy atom. The molecular weight excluding hydrogens is 306 g/mol. The summed E-state index contributed by atoms with van der Waals surface area (Å²) < 4.78 is 10.2. The lowest BCUT2D eigenvalue weighted by atomic mass is 9.99. The molecule has 1 rings (SSSR count). The Balaban J connectivity index is 2.42. The molecule has 23 heavy (non-hydrogen) atoms. The number of unbranched alkanes of at least 4 members (excludes halogenated alkanes) is 4. The second kappa shape index (κ2) is 10.0. The van der Waals surface area contributed by atoms with Crippen LogP contribution in [0, 0.1) is 0 Å². The van der Waals surface area contributed by atoms with Gasteiger partial charge in [0.25, 0.3) is 0 Å². The molecule has 5 atom stereocenters. The van der Waals surface area contributed by atoms with Gasteiger partial charge in [-0.1, -0.05) is 32.6 Å². The van der Waals surface area contributed by atoms with E-state index in [1.807, 2.05) is 0 Å². The third kappa shape index (κ3) is 5.89. The SMILES string of the molecule is CCCCCCCN(C)C(=O)O[C@H]1O[C@H](CO)[C@@H](O)[C@H](O)[C@H]1O. The summed E-state index contributed by atoms with van der Waals surface area (Å²) in [5.74, 6) is 0. The van der Waals surface area contributed by atoms with E-state index in [0.717, 1.165) is 25.7 Å². The molecule has 4 N–H and O–H groups in total. The Hall–Kier alpha value is -0.930. The van der Waals surface area contributed by atoms with Crippen LogP contribution in [0.15, 0.2) is 0 Å². The van der Waals surface area contributed by atoms with Gasteiger partial charge >= 0.3 is 6.09 Å². The van der Waals surface area contributed by atoms with Gasteiger partial charge in [0.1, 0.15) is 24.4 Å². The Morgan fingerprint density at radius 2 is 1.74 bits per heavy atom. The summed E-state index contributed by atoms with van der Waals surface area (Å²) in [7, 11) is 1.58. The number of hydrogen-bond donors (Lipinski definition) is 4. The van der Waals surface area contributed by atoms with Gasteiger partial charge < -0.3 is 34.8 Å². The van der Waals surface area contributed by atoms with Crippen LogP contribution in [-0.2, 0) is 9.47 Å². The third-order valence-electron chi connectivity index (χ3n) is 3.97. The number of ether oxygens (including phenoxy) is 2. The quantitative estimate of drug-likeness (QED) is 0.454. The van der Waals surface area contributed by atoms with E-state index in [1.54, 1.807) is 7.05 Å². The maximum absolute atomic E-state index is 12.0. The van der Waals surface area contributed by atoms with E-state index in [0.29, 0.717) is 6.54 Å². The molecule has 0 radical (unpaired) electrons. The Labute approximate surface area is 136 Å². The number of hydrogen-bond acceptors (Lipinski definition) is 7. The molecule has 1 fully saturated rings. The van der Waals surface area contributed by atoms with Crippen LogP contribution in [0.2, 0.25) is 0 Å². The molecule has 0 unspecified atom stereocenters. The number of carbonyl (C=O) groups excluding carboxylic acids is 1. The second-order valence-corrected chi connectivity index (χ2v) is 5.92. The van der Waals surface area contributed by atoms with Gasteiger partial charge in [-0.3, -0.25) is 0 Å². The Morgan fingerprint density at radius 1 is 1.09 bits per heavy atom. The fourth-order valence-corrected chi connectivity index (χ4v) is 2.40. The van der Waals surface area contributed by atoms with Crippen LogP contribution in [0.3, 0.4) is 0 Å². The molecule has 0 aliphatic carbocycles. The first-order valence-electron chi connectivity index (χ1n) is 8.14. The van der Waals surface area contributed by atoms with Crippen molar-refractivity contribution in [2.45, 2.75) is 69.7 Å². The summed E-state index contributed by atoms with van der Waals surface area (Å²) in [5.41, 5.74) is 0. The number of amides is 1. The van der Waals surface area contributed by atoms with E-state index in [-0.39, 0.29) is 0 Å². The summed E-state index contributed by atoms with van der Waals surface area (Å²) in [5, 5.41) is 38.2. The van der Waals surface area contributed by atoms with Gasteiger partial charge in [0.15, 0.2) is 0 Å². The lowest BCUT2D eigenvalue weighted by Gasteiger charge is -2.39. The van der Waals surface area contributed by atoms with Crippen molar-refractivity contribution in [3.63, 3.8) is 0 Å². The standard InChI is InChI=1S/C15H29NO7/c1-3-4-5-6-7-8-16(2)15(21)23-14-13(20)12(19)11(18)10(9-17)22-14/h10-14,17-20H,3-9H2,1-2H3/t10-,11-,12+,13-,14-/m1/s1. The van der Waals surface area contributed by atoms with Crippen LogP contribution in [0.25, 0.3) is 0 Å². The molecule has 0 aromatic rings. The molecule has 0 spiro atoms. The number of rotatable bonds is 8. The van der Waals surface area contributed by atoms with Gasteiger partial charge in [-0.2, -0.15) is 0 Å². The molecule has 0 aromatic carbocycles. The number of aliphatic hydroxyl groups excluding tert-OH is 4. The van der Waals surface area contributed by atoms with Gasteiger partial charge in [0.2, 0.25) is 6.29 Å². The zero-order valence-electron chi connectivity index (χ0n) is 13.8. The van der Waals surface area contributed by atoms with E-state index < -0.39 is 43.4 Å². The smallest absolute Gasteiger partial charge is 0.411 e. The lowest BCUT2D eigenvalue weighted by Crippen LogP contribution is -2.59. The lowest BCUT2D eigenvalue weighted by molar-refractivity contribution is -0.286. The van der Waals surface area contributed by atoms with Crippen LogP contribution < -0.4 is 0 Å². The molecule has 1 aliphatic rings. The van der Waals surface area contributed by atoms with Crippen molar-refractivity contribution in [2.75, 3.05) is 20.2 Å². The van der Waals surface area contributed by atoms with E-state index >= 15 is 0 Å². The highest BCUT2D eigenvalue weighted by atomic mass is 16.7. The number of aliphatic hydroxyl groups is 4. The Kier molecular flexibility index (Phi) is 8.78. The first kappa shape index (κ1) is 20.1. The van der Waals surface area contributed by atoms with Crippen LogP contribution in [0.1, 0.15) is 39.0 Å². The van der Waals surface area contributed by atoms with E-state index in [9.17, 15) is 20.1 Å². The van der Waals surface area contributed by atoms with Crippen molar-refractivity contribution < 1.29 is 34.7 Å². The molecule has 1 amide bonds. The number of carbonyl (C=O) groups is 1. The van der Waals surface area contributed by atoms with Gasteiger partial charge in [-0.15, -0.1) is 0 Å². The van der Waals surface area contributed by atoms with Crippen molar-refractivity contribution in [3.05, 3.63) is 0 Å². The highest BCUT2D eigenvalue weighted by Gasteiger charge is 2.45. The molecular formula is C15H29NO7. The van der Waals surface area contributed by atoms with E-state index in [4.69, 9.17) is 14.6 Å². The topological polar surface area (TPSA) is 120 Å². The molecule has 1 heterocycles. The summed E-state index contributed by atoms with van der Waals surface area (Å²) in [6.45, 7) is 2.08. The predicted octanol–water partition coefficient (Wildman–Crippen LogP) is -0.175. The van der Waals surface area contributed by atoms with Crippen molar-refractivity contribution in [2.24, 2.45) is 0 Å². The molecule has 0 aromatic heterocycles. The van der Waals surface area contributed by atoms with Gasteiger partial charge in [-0.25, -0.2) is 4.79 Å². The van der Waals surface area contributed by atoms with Crippen molar-refractivity contribution >= 4 is 6.09 Å². The molecule has 0 bridgehead atoms. The fourth-order valence-electron chi connectivity index (χ4n) is 2.40. The normalized spacial score (nSPS) is 31.0. The Bertz CT molecular complexity index is 353.